The van der Waals surface area contributed by atoms with Gasteiger partial charge in [-0.3, -0.25) is 0 Å². The van der Waals surface area contributed by atoms with E-state index in [0.29, 0.717) is 23.9 Å². The Morgan fingerprint density at radius 1 is 1.09 bits per heavy atom. The van der Waals surface area contributed by atoms with Crippen LogP contribution in [0.1, 0.15) is 23.6 Å². The minimum atomic E-state index is -4.36. The van der Waals surface area contributed by atoms with E-state index < -0.39 is 11.7 Å². The summed E-state index contributed by atoms with van der Waals surface area (Å²) in [6.07, 6.45) is -3.64. The van der Waals surface area contributed by atoms with Gasteiger partial charge in [0, 0.05) is 18.0 Å². The van der Waals surface area contributed by atoms with Crippen LogP contribution in [-0.2, 0) is 6.18 Å². The molecule has 1 aliphatic rings. The number of fused-ring (bicyclic) bond motifs is 1. The molecular formula is C16H14F3NO2. The molecule has 0 spiro atoms. The van der Waals surface area contributed by atoms with Gasteiger partial charge < -0.3 is 15.2 Å². The molecule has 0 amide bonds. The number of para-hydroxylation sites is 1. The third-order valence-electron chi connectivity index (χ3n) is 3.49. The first-order valence-corrected chi connectivity index (χ1v) is 6.81. The van der Waals surface area contributed by atoms with Gasteiger partial charge in [-0.25, -0.2) is 0 Å². The number of rotatable bonds is 2. The first-order chi connectivity index (χ1) is 10.4. The van der Waals surface area contributed by atoms with Crippen molar-refractivity contribution < 1.29 is 22.6 Å². The van der Waals surface area contributed by atoms with Gasteiger partial charge in [0.05, 0.1) is 12.2 Å². The highest BCUT2D eigenvalue weighted by molar-refractivity contribution is 5.50. The summed E-state index contributed by atoms with van der Waals surface area (Å²) in [7, 11) is 0. The van der Waals surface area contributed by atoms with Crippen molar-refractivity contribution in [2.75, 3.05) is 6.61 Å². The Morgan fingerprint density at radius 3 is 2.50 bits per heavy atom. The fourth-order valence-corrected chi connectivity index (χ4v) is 2.34. The molecule has 1 atom stereocenters. The van der Waals surface area contributed by atoms with Gasteiger partial charge in [-0.1, -0.05) is 12.1 Å². The zero-order valence-corrected chi connectivity index (χ0v) is 11.6. The summed E-state index contributed by atoms with van der Waals surface area (Å²) in [6.45, 7) is 0.488. The molecule has 0 aromatic heterocycles. The van der Waals surface area contributed by atoms with Gasteiger partial charge in [0.15, 0.2) is 11.5 Å². The lowest BCUT2D eigenvalue weighted by molar-refractivity contribution is -0.137. The van der Waals surface area contributed by atoms with Crippen molar-refractivity contribution in [3.8, 4) is 17.2 Å². The van der Waals surface area contributed by atoms with Gasteiger partial charge in [0.1, 0.15) is 5.75 Å². The van der Waals surface area contributed by atoms with Crippen molar-refractivity contribution in [2.45, 2.75) is 18.6 Å². The molecule has 0 saturated carbocycles. The number of alkyl halides is 3. The zero-order valence-electron chi connectivity index (χ0n) is 11.6. The van der Waals surface area contributed by atoms with E-state index in [-0.39, 0.29) is 6.04 Å². The molecule has 2 aromatic rings. The molecule has 22 heavy (non-hydrogen) atoms. The van der Waals surface area contributed by atoms with Gasteiger partial charge >= 0.3 is 6.18 Å². The van der Waals surface area contributed by atoms with Crippen LogP contribution in [0.5, 0.6) is 17.2 Å². The largest absolute Gasteiger partial charge is 0.489 e. The van der Waals surface area contributed by atoms with Gasteiger partial charge in [-0.05, 0) is 30.3 Å². The van der Waals surface area contributed by atoms with E-state index in [1.165, 1.54) is 12.1 Å². The number of ether oxygens (including phenoxy) is 2. The second-order valence-corrected chi connectivity index (χ2v) is 5.04. The van der Waals surface area contributed by atoms with Crippen LogP contribution in [-0.4, -0.2) is 6.61 Å². The monoisotopic (exact) mass is 309 g/mol. The summed E-state index contributed by atoms with van der Waals surface area (Å²) in [4.78, 5) is 0. The SMILES string of the molecule is NC1CCOc2c(Oc3ccc(C(F)(F)F)cc3)cccc21. The van der Waals surface area contributed by atoms with Crippen LogP contribution in [0, 0.1) is 0 Å². The summed E-state index contributed by atoms with van der Waals surface area (Å²) >= 11 is 0. The van der Waals surface area contributed by atoms with E-state index in [1.54, 1.807) is 12.1 Å². The lowest BCUT2D eigenvalue weighted by Gasteiger charge is -2.24. The van der Waals surface area contributed by atoms with Crippen LogP contribution in [0.4, 0.5) is 13.2 Å². The highest BCUT2D eigenvalue weighted by Crippen LogP contribution is 2.40. The highest BCUT2D eigenvalue weighted by atomic mass is 19.4. The standard InChI is InChI=1S/C16H14F3NO2/c17-16(18,19)10-4-6-11(7-5-10)22-14-3-1-2-12-13(20)8-9-21-15(12)14/h1-7,13H,8-9,20H2. The van der Waals surface area contributed by atoms with Gasteiger partial charge in [-0.15, -0.1) is 0 Å². The van der Waals surface area contributed by atoms with Gasteiger partial charge in [-0.2, -0.15) is 13.2 Å². The summed E-state index contributed by atoms with van der Waals surface area (Å²) in [5, 5.41) is 0. The molecule has 0 aliphatic carbocycles. The molecule has 6 heteroatoms. The molecule has 0 radical (unpaired) electrons. The smallest absolute Gasteiger partial charge is 0.416 e. The quantitative estimate of drug-likeness (QED) is 0.900. The van der Waals surface area contributed by atoms with Crippen molar-refractivity contribution >= 4 is 0 Å². The Bertz CT molecular complexity index is 668. The molecule has 0 fully saturated rings. The molecule has 116 valence electrons. The Hall–Kier alpha value is -2.21. The molecule has 1 heterocycles. The van der Waals surface area contributed by atoms with E-state index >= 15 is 0 Å². The molecule has 1 aliphatic heterocycles. The second kappa shape index (κ2) is 5.53. The van der Waals surface area contributed by atoms with E-state index in [2.05, 4.69) is 0 Å². The average molecular weight is 309 g/mol. The van der Waals surface area contributed by atoms with Crippen molar-refractivity contribution in [3.63, 3.8) is 0 Å². The van der Waals surface area contributed by atoms with Crippen molar-refractivity contribution in [1.82, 2.24) is 0 Å². The fourth-order valence-electron chi connectivity index (χ4n) is 2.34. The third kappa shape index (κ3) is 2.87. The van der Waals surface area contributed by atoms with E-state index in [9.17, 15) is 13.2 Å². The topological polar surface area (TPSA) is 44.5 Å². The molecule has 1 unspecified atom stereocenters. The second-order valence-electron chi connectivity index (χ2n) is 5.04. The molecule has 2 N–H and O–H groups in total. The van der Waals surface area contributed by atoms with Crippen LogP contribution in [0.25, 0.3) is 0 Å². The van der Waals surface area contributed by atoms with Crippen LogP contribution >= 0.6 is 0 Å². The van der Waals surface area contributed by atoms with E-state index in [1.807, 2.05) is 6.07 Å². The number of benzene rings is 2. The average Bonchev–Trinajstić information content (AvgIpc) is 2.48. The van der Waals surface area contributed by atoms with E-state index in [4.69, 9.17) is 15.2 Å². The van der Waals surface area contributed by atoms with Crippen molar-refractivity contribution in [2.24, 2.45) is 5.73 Å². The predicted molar refractivity (Wildman–Crippen MR) is 75.0 cm³/mol. The van der Waals surface area contributed by atoms with Crippen LogP contribution in [0.3, 0.4) is 0 Å². The molecule has 0 saturated heterocycles. The minimum Gasteiger partial charge on any atom is -0.489 e. The first-order valence-electron chi connectivity index (χ1n) is 6.81. The van der Waals surface area contributed by atoms with Gasteiger partial charge in [0.25, 0.3) is 0 Å². The summed E-state index contributed by atoms with van der Waals surface area (Å²) in [5.74, 6) is 1.32. The summed E-state index contributed by atoms with van der Waals surface area (Å²) in [6, 6.07) is 9.75. The Kier molecular flexibility index (Phi) is 3.70. The molecule has 3 nitrogen and oxygen atoms in total. The van der Waals surface area contributed by atoms with Crippen molar-refractivity contribution in [1.29, 1.82) is 0 Å². The number of hydrogen-bond acceptors (Lipinski definition) is 3. The molecular weight excluding hydrogens is 295 g/mol. The third-order valence-corrected chi connectivity index (χ3v) is 3.49. The minimum absolute atomic E-state index is 0.125. The Labute approximate surface area is 125 Å². The van der Waals surface area contributed by atoms with Crippen molar-refractivity contribution in [3.05, 3.63) is 53.6 Å². The first kappa shape index (κ1) is 14.7. The van der Waals surface area contributed by atoms with Crippen LogP contribution < -0.4 is 15.2 Å². The normalized spacial score (nSPS) is 17.5. The maximum absolute atomic E-state index is 12.5. The fraction of sp³-hybridized carbons (Fsp3) is 0.250. The lowest BCUT2D eigenvalue weighted by atomic mass is 10.0. The predicted octanol–water partition coefficient (Wildman–Crippen LogP) is 4.28. The van der Waals surface area contributed by atoms with Crippen LogP contribution in [0.15, 0.2) is 42.5 Å². The van der Waals surface area contributed by atoms with E-state index in [0.717, 1.165) is 24.1 Å². The summed E-state index contributed by atoms with van der Waals surface area (Å²) in [5.41, 5.74) is 6.14. The lowest BCUT2D eigenvalue weighted by Crippen LogP contribution is -2.20. The Balaban J connectivity index is 1.86. The number of nitrogens with two attached hydrogens (primary N) is 1. The Morgan fingerprint density at radius 2 is 1.82 bits per heavy atom. The number of halogens is 3. The van der Waals surface area contributed by atoms with Gasteiger partial charge in [0.2, 0.25) is 0 Å². The maximum atomic E-state index is 12.5. The van der Waals surface area contributed by atoms with Crippen LogP contribution in [0.2, 0.25) is 0 Å². The highest BCUT2D eigenvalue weighted by Gasteiger charge is 2.30. The number of hydrogen-bond donors (Lipinski definition) is 1. The maximum Gasteiger partial charge on any atom is 0.416 e. The molecule has 0 bridgehead atoms. The molecule has 3 rings (SSSR count). The zero-order chi connectivity index (χ0) is 15.7. The summed E-state index contributed by atoms with van der Waals surface area (Å²) < 4.78 is 48.9. The molecule has 2 aromatic carbocycles.